The minimum Gasteiger partial charge on any atom is -0.430 e. The molecule has 2 N–H and O–H groups in total. The minimum atomic E-state index is -0.603. The van der Waals surface area contributed by atoms with Crippen molar-refractivity contribution in [3.05, 3.63) is 28.2 Å². The van der Waals surface area contributed by atoms with Gasteiger partial charge in [-0.25, -0.2) is 4.98 Å². The summed E-state index contributed by atoms with van der Waals surface area (Å²) in [6.07, 6.45) is 3.05. The number of ether oxygens (including phenoxy) is 1. The molecule has 0 bridgehead atoms. The molecule has 9 heteroatoms. The summed E-state index contributed by atoms with van der Waals surface area (Å²) in [5, 5.41) is 15.0. The number of anilines is 1. The van der Waals surface area contributed by atoms with E-state index in [9.17, 15) is 10.1 Å². The zero-order valence-corrected chi connectivity index (χ0v) is 10.4. The van der Waals surface area contributed by atoms with Gasteiger partial charge in [0.1, 0.15) is 5.69 Å². The molecule has 0 radical (unpaired) electrons. The van der Waals surface area contributed by atoms with Gasteiger partial charge < -0.3 is 10.5 Å². The third-order valence-electron chi connectivity index (χ3n) is 2.37. The predicted molar refractivity (Wildman–Crippen MR) is 65.8 cm³/mol. The Hall–Kier alpha value is -2.71. The molecule has 0 aromatic carbocycles. The van der Waals surface area contributed by atoms with Gasteiger partial charge in [-0.2, -0.15) is 10.1 Å². The molecule has 0 amide bonds. The number of hydrogen-bond donors (Lipinski definition) is 1. The average Bonchev–Trinajstić information content (AvgIpc) is 2.75. The first-order valence-electron chi connectivity index (χ1n) is 5.50. The summed E-state index contributed by atoms with van der Waals surface area (Å²) in [5.41, 5.74) is 5.31. The first-order valence-corrected chi connectivity index (χ1v) is 5.50. The third kappa shape index (κ3) is 2.59. The van der Waals surface area contributed by atoms with Crippen LogP contribution < -0.4 is 10.5 Å². The Morgan fingerprint density at radius 2 is 2.26 bits per heavy atom. The fourth-order valence-electron chi connectivity index (χ4n) is 1.52. The molecule has 0 unspecified atom stereocenters. The smallest absolute Gasteiger partial charge is 0.352 e. The molecular formula is C10H12N6O3. The van der Waals surface area contributed by atoms with Crippen molar-refractivity contribution in [3.8, 4) is 11.6 Å². The van der Waals surface area contributed by atoms with Crippen LogP contribution in [-0.4, -0.2) is 24.7 Å². The Labute approximate surface area is 108 Å². The van der Waals surface area contributed by atoms with E-state index in [1.807, 2.05) is 6.92 Å². The fraction of sp³-hybridized carbons (Fsp3) is 0.300. The van der Waals surface area contributed by atoms with Gasteiger partial charge in [0.05, 0.1) is 17.3 Å². The number of nitrogen functional groups attached to an aromatic ring is 1. The van der Waals surface area contributed by atoms with Crippen LogP contribution in [-0.2, 0) is 6.54 Å². The molecule has 2 aromatic rings. The zero-order chi connectivity index (χ0) is 14.0. The average molecular weight is 264 g/mol. The lowest BCUT2D eigenvalue weighted by Crippen LogP contribution is -2.04. The second kappa shape index (κ2) is 4.88. The highest BCUT2D eigenvalue weighted by molar-refractivity contribution is 5.49. The number of rotatable bonds is 4. The van der Waals surface area contributed by atoms with Crippen LogP contribution in [0.2, 0.25) is 0 Å². The van der Waals surface area contributed by atoms with Crippen LogP contribution >= 0.6 is 0 Å². The van der Waals surface area contributed by atoms with Crippen LogP contribution in [0.5, 0.6) is 11.6 Å². The first kappa shape index (κ1) is 12.7. The van der Waals surface area contributed by atoms with Gasteiger partial charge in [0, 0.05) is 6.54 Å². The topological polar surface area (TPSA) is 122 Å². The molecule has 2 rings (SSSR count). The summed E-state index contributed by atoms with van der Waals surface area (Å²) in [7, 11) is 0. The van der Waals surface area contributed by atoms with Crippen molar-refractivity contribution in [1.29, 1.82) is 0 Å². The molecule has 19 heavy (non-hydrogen) atoms. The van der Waals surface area contributed by atoms with E-state index in [0.717, 1.165) is 0 Å². The van der Waals surface area contributed by atoms with Gasteiger partial charge >= 0.3 is 11.6 Å². The maximum Gasteiger partial charge on any atom is 0.352 e. The molecule has 0 saturated carbocycles. The van der Waals surface area contributed by atoms with Crippen LogP contribution in [0.3, 0.4) is 0 Å². The van der Waals surface area contributed by atoms with Gasteiger partial charge in [-0.3, -0.25) is 14.8 Å². The number of nitrogens with two attached hydrogens (primary N) is 1. The van der Waals surface area contributed by atoms with Crippen molar-refractivity contribution in [2.75, 3.05) is 5.73 Å². The summed E-state index contributed by atoms with van der Waals surface area (Å²) in [6.45, 7) is 4.04. The number of aryl methyl sites for hydroxylation is 2. The van der Waals surface area contributed by atoms with Gasteiger partial charge in [-0.05, 0) is 13.8 Å². The van der Waals surface area contributed by atoms with E-state index in [4.69, 9.17) is 10.5 Å². The Kier molecular flexibility index (Phi) is 3.27. The van der Waals surface area contributed by atoms with Crippen molar-refractivity contribution < 1.29 is 9.66 Å². The molecule has 9 nitrogen and oxygen atoms in total. The summed E-state index contributed by atoms with van der Waals surface area (Å²) >= 11 is 0. The molecule has 2 heterocycles. The molecule has 0 aliphatic carbocycles. The second-order valence-corrected chi connectivity index (χ2v) is 3.71. The van der Waals surface area contributed by atoms with Gasteiger partial charge in [0.15, 0.2) is 5.75 Å². The molecule has 0 aliphatic rings. The monoisotopic (exact) mass is 264 g/mol. The predicted octanol–water partition coefficient (Wildman–Crippen LogP) is 1.28. The first-order chi connectivity index (χ1) is 9.01. The van der Waals surface area contributed by atoms with Crippen LogP contribution in [0.1, 0.15) is 12.6 Å². The van der Waals surface area contributed by atoms with Gasteiger partial charge in [0.2, 0.25) is 5.95 Å². The normalized spacial score (nSPS) is 10.4. The van der Waals surface area contributed by atoms with E-state index >= 15 is 0 Å². The Balaban J connectivity index is 2.40. The quantitative estimate of drug-likeness (QED) is 0.651. The highest BCUT2D eigenvalue weighted by atomic mass is 16.6. The zero-order valence-electron chi connectivity index (χ0n) is 10.4. The van der Waals surface area contributed by atoms with E-state index in [0.29, 0.717) is 12.3 Å². The summed E-state index contributed by atoms with van der Waals surface area (Å²) < 4.78 is 6.98. The van der Waals surface area contributed by atoms with Crippen molar-refractivity contribution in [3.63, 3.8) is 0 Å². The number of nitrogens with zero attached hydrogens (tertiary/aromatic N) is 5. The van der Waals surface area contributed by atoms with E-state index < -0.39 is 4.92 Å². The molecular weight excluding hydrogens is 252 g/mol. The van der Waals surface area contributed by atoms with Crippen LogP contribution in [0, 0.1) is 17.0 Å². The Bertz CT molecular complexity index is 624. The molecule has 0 spiro atoms. The van der Waals surface area contributed by atoms with Crippen LogP contribution in [0.4, 0.5) is 11.6 Å². The molecule has 100 valence electrons. The number of hydrogen-bond acceptors (Lipinski definition) is 7. The SMILES string of the molecule is CCn1cc(Oc2nc(N)nc(C)c2[N+](=O)[O-])cn1. The Morgan fingerprint density at radius 1 is 1.53 bits per heavy atom. The lowest BCUT2D eigenvalue weighted by molar-refractivity contribution is -0.386. The standard InChI is InChI=1S/C10H12N6O3/c1-3-15-5-7(4-12-15)19-9-8(16(17)18)6(2)13-10(11)14-9/h4-5H,3H2,1-2H3,(H2,11,13,14). The van der Waals surface area contributed by atoms with E-state index in [2.05, 4.69) is 15.1 Å². The maximum absolute atomic E-state index is 11.0. The fourth-order valence-corrected chi connectivity index (χ4v) is 1.52. The van der Waals surface area contributed by atoms with E-state index in [1.54, 1.807) is 10.9 Å². The highest BCUT2D eigenvalue weighted by Crippen LogP contribution is 2.31. The van der Waals surface area contributed by atoms with Gasteiger partial charge in [-0.15, -0.1) is 0 Å². The number of aromatic nitrogens is 4. The third-order valence-corrected chi connectivity index (χ3v) is 2.37. The minimum absolute atomic E-state index is 0.0824. The van der Waals surface area contributed by atoms with Gasteiger partial charge in [0.25, 0.3) is 0 Å². The number of nitro groups is 1. The van der Waals surface area contributed by atoms with Crippen molar-refractivity contribution >= 4 is 11.6 Å². The lowest BCUT2D eigenvalue weighted by atomic mass is 10.3. The van der Waals surface area contributed by atoms with Crippen LogP contribution in [0.15, 0.2) is 12.4 Å². The summed E-state index contributed by atoms with van der Waals surface area (Å²) in [5.74, 6) is 0.0779. The highest BCUT2D eigenvalue weighted by Gasteiger charge is 2.24. The summed E-state index contributed by atoms with van der Waals surface area (Å²) in [6, 6.07) is 0. The van der Waals surface area contributed by atoms with E-state index in [1.165, 1.54) is 13.1 Å². The van der Waals surface area contributed by atoms with Crippen molar-refractivity contribution in [2.45, 2.75) is 20.4 Å². The molecule has 0 aliphatic heterocycles. The molecule has 0 atom stereocenters. The van der Waals surface area contributed by atoms with Gasteiger partial charge in [-0.1, -0.05) is 0 Å². The molecule has 0 saturated heterocycles. The Morgan fingerprint density at radius 3 is 2.84 bits per heavy atom. The largest absolute Gasteiger partial charge is 0.430 e. The summed E-state index contributed by atoms with van der Waals surface area (Å²) in [4.78, 5) is 17.9. The van der Waals surface area contributed by atoms with Crippen molar-refractivity contribution in [1.82, 2.24) is 19.7 Å². The second-order valence-electron chi connectivity index (χ2n) is 3.71. The van der Waals surface area contributed by atoms with Crippen LogP contribution in [0.25, 0.3) is 0 Å². The molecule has 0 fully saturated rings. The molecule has 2 aromatic heterocycles. The van der Waals surface area contributed by atoms with E-state index in [-0.39, 0.29) is 23.2 Å². The van der Waals surface area contributed by atoms with Crippen molar-refractivity contribution in [2.24, 2.45) is 0 Å². The lowest BCUT2D eigenvalue weighted by Gasteiger charge is -2.05. The maximum atomic E-state index is 11.0.